The van der Waals surface area contributed by atoms with Gasteiger partial charge in [0.15, 0.2) is 17.0 Å². The minimum absolute atomic E-state index is 0.0424. The van der Waals surface area contributed by atoms with E-state index in [-0.39, 0.29) is 30.6 Å². The summed E-state index contributed by atoms with van der Waals surface area (Å²) in [5.74, 6) is 1.16. The lowest BCUT2D eigenvalue weighted by molar-refractivity contribution is -0.131. The van der Waals surface area contributed by atoms with Crippen LogP contribution in [0.3, 0.4) is 0 Å². The molecule has 1 atom stereocenters. The molecule has 3 aromatic rings. The molecular formula is C21H29N7O3. The molecule has 2 heterocycles. The SMILES string of the molecule is CC(=O)Oc1ccccc1CNc1nc(N[C@@H](CO)C(C)C)nc2c1nnn2C(C)C. The molecule has 0 fully saturated rings. The van der Waals surface area contributed by atoms with E-state index in [9.17, 15) is 9.90 Å². The average Bonchev–Trinajstić information content (AvgIpc) is 3.15. The molecule has 0 aliphatic rings. The molecule has 0 aliphatic carbocycles. The predicted octanol–water partition coefficient (Wildman–Crippen LogP) is 2.77. The molecule has 166 valence electrons. The molecule has 0 bridgehead atoms. The van der Waals surface area contributed by atoms with Crippen molar-refractivity contribution in [3.8, 4) is 5.75 Å². The van der Waals surface area contributed by atoms with E-state index in [1.807, 2.05) is 45.9 Å². The van der Waals surface area contributed by atoms with Crippen molar-refractivity contribution < 1.29 is 14.6 Å². The smallest absolute Gasteiger partial charge is 0.308 e. The fourth-order valence-corrected chi connectivity index (χ4v) is 3.04. The van der Waals surface area contributed by atoms with Gasteiger partial charge in [0.2, 0.25) is 5.95 Å². The number of nitrogens with zero attached hydrogens (tertiary/aromatic N) is 5. The zero-order valence-corrected chi connectivity index (χ0v) is 18.5. The van der Waals surface area contributed by atoms with Gasteiger partial charge in [0.05, 0.1) is 18.7 Å². The number of carbonyl (C=O) groups excluding carboxylic acids is 1. The normalized spacial score (nSPS) is 12.4. The predicted molar refractivity (Wildman–Crippen MR) is 118 cm³/mol. The van der Waals surface area contributed by atoms with Crippen LogP contribution in [0.25, 0.3) is 11.2 Å². The Bertz CT molecular complexity index is 1050. The minimum Gasteiger partial charge on any atom is -0.426 e. The van der Waals surface area contributed by atoms with Gasteiger partial charge in [0, 0.05) is 19.0 Å². The second-order valence-corrected chi connectivity index (χ2v) is 7.93. The molecule has 3 rings (SSSR count). The van der Waals surface area contributed by atoms with Crippen LogP contribution in [0, 0.1) is 5.92 Å². The first-order valence-corrected chi connectivity index (χ1v) is 10.3. The van der Waals surface area contributed by atoms with Gasteiger partial charge in [-0.2, -0.15) is 9.97 Å². The molecule has 0 spiro atoms. The molecule has 3 N–H and O–H groups in total. The molecule has 0 unspecified atom stereocenters. The number of hydrogen-bond donors (Lipinski definition) is 3. The first-order valence-electron chi connectivity index (χ1n) is 10.3. The Morgan fingerprint density at radius 2 is 1.94 bits per heavy atom. The van der Waals surface area contributed by atoms with E-state index < -0.39 is 0 Å². The molecule has 1 aromatic carbocycles. The second kappa shape index (κ2) is 9.69. The largest absolute Gasteiger partial charge is 0.426 e. The minimum atomic E-state index is -0.382. The van der Waals surface area contributed by atoms with Crippen LogP contribution in [0.4, 0.5) is 11.8 Å². The molecule has 0 amide bonds. The number of benzene rings is 1. The lowest BCUT2D eigenvalue weighted by Gasteiger charge is -2.20. The number of ether oxygens (including phenoxy) is 1. The number of para-hydroxylation sites is 1. The van der Waals surface area contributed by atoms with Crippen LogP contribution in [-0.2, 0) is 11.3 Å². The Balaban J connectivity index is 1.96. The van der Waals surface area contributed by atoms with Crippen LogP contribution in [0.15, 0.2) is 24.3 Å². The van der Waals surface area contributed by atoms with Crippen LogP contribution >= 0.6 is 0 Å². The van der Waals surface area contributed by atoms with E-state index in [1.54, 1.807) is 10.7 Å². The summed E-state index contributed by atoms with van der Waals surface area (Å²) in [6, 6.07) is 7.15. The number of esters is 1. The molecule has 0 saturated heterocycles. The molecule has 2 aromatic heterocycles. The Kier molecular flexibility index (Phi) is 7.01. The van der Waals surface area contributed by atoms with E-state index >= 15 is 0 Å². The van der Waals surface area contributed by atoms with E-state index in [1.165, 1.54) is 6.92 Å². The lowest BCUT2D eigenvalue weighted by atomic mass is 10.1. The number of nitrogens with one attached hydrogen (secondary N) is 2. The van der Waals surface area contributed by atoms with Crippen molar-refractivity contribution in [3.63, 3.8) is 0 Å². The van der Waals surface area contributed by atoms with Crippen molar-refractivity contribution in [3.05, 3.63) is 29.8 Å². The first-order chi connectivity index (χ1) is 14.8. The number of carbonyl (C=O) groups is 1. The van der Waals surface area contributed by atoms with Gasteiger partial charge in [-0.25, -0.2) is 4.68 Å². The maximum Gasteiger partial charge on any atom is 0.308 e. The van der Waals surface area contributed by atoms with Crippen LogP contribution in [0.5, 0.6) is 5.75 Å². The fraction of sp³-hybridized carbons (Fsp3) is 0.476. The monoisotopic (exact) mass is 427 g/mol. The number of fused-ring (bicyclic) bond motifs is 1. The van der Waals surface area contributed by atoms with Gasteiger partial charge in [-0.05, 0) is 25.8 Å². The molecule has 10 nitrogen and oxygen atoms in total. The third-order valence-electron chi connectivity index (χ3n) is 4.80. The Labute approximate surface area is 181 Å². The van der Waals surface area contributed by atoms with Crippen molar-refractivity contribution in [2.24, 2.45) is 5.92 Å². The van der Waals surface area contributed by atoms with Gasteiger partial charge in [0.1, 0.15) is 5.75 Å². The van der Waals surface area contributed by atoms with Crippen LogP contribution < -0.4 is 15.4 Å². The van der Waals surface area contributed by atoms with Gasteiger partial charge in [-0.3, -0.25) is 4.79 Å². The fourth-order valence-electron chi connectivity index (χ4n) is 3.04. The second-order valence-electron chi connectivity index (χ2n) is 7.93. The van der Waals surface area contributed by atoms with Gasteiger partial charge < -0.3 is 20.5 Å². The van der Waals surface area contributed by atoms with Crippen LogP contribution in [-0.4, -0.2) is 48.7 Å². The highest BCUT2D eigenvalue weighted by molar-refractivity contribution is 5.83. The average molecular weight is 428 g/mol. The van der Waals surface area contributed by atoms with E-state index in [0.717, 1.165) is 5.56 Å². The summed E-state index contributed by atoms with van der Waals surface area (Å²) in [7, 11) is 0. The number of aromatic nitrogens is 5. The van der Waals surface area contributed by atoms with Crippen molar-refractivity contribution in [2.45, 2.75) is 53.2 Å². The van der Waals surface area contributed by atoms with Gasteiger partial charge in [-0.1, -0.05) is 37.3 Å². The summed E-state index contributed by atoms with van der Waals surface area (Å²) in [5, 5.41) is 24.6. The highest BCUT2D eigenvalue weighted by Crippen LogP contribution is 2.25. The summed E-state index contributed by atoms with van der Waals surface area (Å²) in [6.07, 6.45) is 0. The summed E-state index contributed by atoms with van der Waals surface area (Å²) < 4.78 is 7.02. The zero-order valence-electron chi connectivity index (χ0n) is 18.5. The van der Waals surface area contributed by atoms with Crippen LogP contribution in [0.2, 0.25) is 0 Å². The van der Waals surface area contributed by atoms with E-state index in [4.69, 9.17) is 4.74 Å². The molecule has 0 saturated carbocycles. The molecule has 0 radical (unpaired) electrons. The van der Waals surface area contributed by atoms with Crippen molar-refractivity contribution in [1.82, 2.24) is 25.0 Å². The standard InChI is InChI=1S/C21H29N7O3/c1-12(2)16(11-29)23-21-24-19(18-20(25-21)28(13(3)4)27-26-18)22-10-15-8-6-7-9-17(15)31-14(5)30/h6-9,12-13,16,29H,10-11H2,1-5H3,(H2,22,23,24,25)/t16-/m0/s1. The maximum absolute atomic E-state index is 11.4. The zero-order chi connectivity index (χ0) is 22.5. The number of hydrogen-bond acceptors (Lipinski definition) is 9. The highest BCUT2D eigenvalue weighted by atomic mass is 16.5. The molecule has 31 heavy (non-hydrogen) atoms. The van der Waals surface area contributed by atoms with E-state index in [2.05, 4.69) is 30.9 Å². The highest BCUT2D eigenvalue weighted by Gasteiger charge is 2.19. The molecule has 10 heteroatoms. The maximum atomic E-state index is 11.4. The number of aliphatic hydroxyl groups is 1. The molecule has 0 aliphatic heterocycles. The topological polar surface area (TPSA) is 127 Å². The Morgan fingerprint density at radius 1 is 1.19 bits per heavy atom. The number of aliphatic hydroxyl groups excluding tert-OH is 1. The van der Waals surface area contributed by atoms with Crippen molar-refractivity contribution in [1.29, 1.82) is 0 Å². The van der Waals surface area contributed by atoms with Gasteiger partial charge in [0.25, 0.3) is 0 Å². The first kappa shape index (κ1) is 22.4. The third-order valence-corrected chi connectivity index (χ3v) is 4.80. The summed E-state index contributed by atoms with van der Waals surface area (Å²) in [5.41, 5.74) is 1.92. The third kappa shape index (κ3) is 5.26. The Hall–Kier alpha value is -3.27. The van der Waals surface area contributed by atoms with Crippen molar-refractivity contribution in [2.75, 3.05) is 17.2 Å². The van der Waals surface area contributed by atoms with Crippen LogP contribution in [0.1, 0.15) is 46.2 Å². The Morgan fingerprint density at radius 3 is 2.58 bits per heavy atom. The summed E-state index contributed by atoms with van der Waals surface area (Å²) in [4.78, 5) is 20.6. The van der Waals surface area contributed by atoms with Gasteiger partial charge in [-0.15, -0.1) is 5.10 Å². The molecular weight excluding hydrogens is 398 g/mol. The lowest BCUT2D eigenvalue weighted by Crippen LogP contribution is -2.30. The number of rotatable bonds is 9. The summed E-state index contributed by atoms with van der Waals surface area (Å²) in [6.45, 7) is 9.70. The van der Waals surface area contributed by atoms with E-state index in [0.29, 0.717) is 35.2 Å². The quantitative estimate of drug-likeness (QED) is 0.349. The summed E-state index contributed by atoms with van der Waals surface area (Å²) >= 11 is 0. The van der Waals surface area contributed by atoms with Gasteiger partial charge >= 0.3 is 5.97 Å². The number of anilines is 2. The van der Waals surface area contributed by atoms with Crippen molar-refractivity contribution >= 4 is 28.9 Å².